The first-order valence-electron chi connectivity index (χ1n) is 11.2. The molecule has 0 atom stereocenters. The van der Waals surface area contributed by atoms with Gasteiger partial charge in [0, 0.05) is 31.7 Å². The third-order valence-electron chi connectivity index (χ3n) is 6.01. The van der Waals surface area contributed by atoms with Crippen LogP contribution >= 0.6 is 0 Å². The van der Waals surface area contributed by atoms with Gasteiger partial charge in [-0.25, -0.2) is 4.98 Å². The van der Waals surface area contributed by atoms with Crippen LogP contribution in [0.3, 0.4) is 0 Å². The summed E-state index contributed by atoms with van der Waals surface area (Å²) in [6.07, 6.45) is 3.78. The third kappa shape index (κ3) is 4.23. The number of amides is 1. The van der Waals surface area contributed by atoms with Crippen molar-refractivity contribution in [3.63, 3.8) is 0 Å². The van der Waals surface area contributed by atoms with E-state index < -0.39 is 0 Å². The highest BCUT2D eigenvalue weighted by Crippen LogP contribution is 2.29. The normalized spacial score (nSPS) is 14.2. The van der Waals surface area contributed by atoms with Crippen molar-refractivity contribution in [1.82, 2.24) is 25.4 Å². The van der Waals surface area contributed by atoms with Crippen molar-refractivity contribution in [2.24, 2.45) is 0 Å². The topological polar surface area (TPSA) is 114 Å². The molecule has 0 spiro atoms. The maximum Gasteiger partial charge on any atom is 0.254 e. The summed E-state index contributed by atoms with van der Waals surface area (Å²) < 4.78 is 0. The minimum Gasteiger partial charge on any atom is -0.508 e. The number of hydrogen-bond donors (Lipinski definition) is 4. The molecule has 3 heterocycles. The molecular formula is C26H25N5O3. The number of benzene rings is 2. The van der Waals surface area contributed by atoms with Gasteiger partial charge >= 0.3 is 0 Å². The van der Waals surface area contributed by atoms with Crippen LogP contribution in [0.15, 0.2) is 48.5 Å². The summed E-state index contributed by atoms with van der Waals surface area (Å²) in [5.41, 5.74) is 4.77. The van der Waals surface area contributed by atoms with Crippen LogP contribution in [-0.4, -0.2) is 62.4 Å². The number of aromatic hydroxyl groups is 2. The van der Waals surface area contributed by atoms with Gasteiger partial charge in [0.25, 0.3) is 5.91 Å². The Kier molecular flexibility index (Phi) is 5.73. The van der Waals surface area contributed by atoms with Crippen LogP contribution in [0.2, 0.25) is 0 Å². The fraction of sp³-hybridized carbons (Fsp3) is 0.192. The molecule has 1 saturated heterocycles. The second-order valence-corrected chi connectivity index (χ2v) is 8.36. The first kappa shape index (κ1) is 21.7. The summed E-state index contributed by atoms with van der Waals surface area (Å²) in [7, 11) is 0. The van der Waals surface area contributed by atoms with Gasteiger partial charge in [0.1, 0.15) is 11.5 Å². The number of nitrogens with zero attached hydrogens (tertiary/aromatic N) is 3. The van der Waals surface area contributed by atoms with E-state index in [9.17, 15) is 15.0 Å². The van der Waals surface area contributed by atoms with E-state index in [1.165, 1.54) is 0 Å². The van der Waals surface area contributed by atoms with E-state index >= 15 is 0 Å². The maximum atomic E-state index is 13.6. The highest BCUT2D eigenvalue weighted by molar-refractivity contribution is 6.09. The van der Waals surface area contributed by atoms with Crippen molar-refractivity contribution in [1.29, 1.82) is 0 Å². The van der Waals surface area contributed by atoms with Gasteiger partial charge < -0.3 is 20.4 Å². The number of aromatic nitrogens is 3. The molecule has 0 radical (unpaired) electrons. The molecule has 0 unspecified atom stereocenters. The Bertz CT molecular complexity index is 1390. The number of carbonyl (C=O) groups excluding carboxylic acids is 1. The van der Waals surface area contributed by atoms with Crippen molar-refractivity contribution < 1.29 is 15.0 Å². The summed E-state index contributed by atoms with van der Waals surface area (Å²) in [6, 6.07) is 13.9. The van der Waals surface area contributed by atoms with E-state index in [2.05, 4.69) is 15.5 Å². The largest absolute Gasteiger partial charge is 0.508 e. The lowest BCUT2D eigenvalue weighted by Gasteiger charge is -2.27. The van der Waals surface area contributed by atoms with Gasteiger partial charge in [-0.05, 0) is 66.6 Å². The minimum atomic E-state index is -0.0644. The van der Waals surface area contributed by atoms with Crippen molar-refractivity contribution in [2.75, 3.05) is 26.2 Å². The fourth-order valence-corrected chi connectivity index (χ4v) is 4.12. The van der Waals surface area contributed by atoms with Gasteiger partial charge in [-0.1, -0.05) is 12.1 Å². The van der Waals surface area contributed by atoms with E-state index in [1.807, 2.05) is 36.1 Å². The molecule has 0 aliphatic carbocycles. The summed E-state index contributed by atoms with van der Waals surface area (Å²) in [5, 5.41) is 30.8. The molecule has 1 fully saturated rings. The quantitative estimate of drug-likeness (QED) is 0.374. The van der Waals surface area contributed by atoms with Gasteiger partial charge in [-0.2, -0.15) is 5.10 Å². The number of hydrogen-bond acceptors (Lipinski definition) is 6. The standard InChI is InChI=1S/C26H25N5O3/c1-16-14-17(3-9-23(16)33)2-8-21-24-20(26(34)31-12-10-27-11-13-31)15-22(28-25(24)30-29-21)18-4-6-19(32)7-5-18/h2-9,14-15,27,32-33H,10-13H2,1H3,(H,28,29,30). The van der Waals surface area contributed by atoms with Crippen LogP contribution in [0.4, 0.5) is 0 Å². The predicted octanol–water partition coefficient (Wildman–Crippen LogP) is 3.56. The lowest BCUT2D eigenvalue weighted by molar-refractivity contribution is 0.0737. The van der Waals surface area contributed by atoms with Crippen molar-refractivity contribution in [3.8, 4) is 22.8 Å². The number of aromatic amines is 1. The summed E-state index contributed by atoms with van der Waals surface area (Å²) >= 11 is 0. The zero-order valence-electron chi connectivity index (χ0n) is 18.7. The number of fused-ring (bicyclic) bond motifs is 1. The molecule has 4 N–H and O–H groups in total. The highest BCUT2D eigenvalue weighted by Gasteiger charge is 2.24. The Hall–Kier alpha value is -4.17. The maximum absolute atomic E-state index is 13.6. The molecule has 34 heavy (non-hydrogen) atoms. The Morgan fingerprint density at radius 2 is 1.79 bits per heavy atom. The Morgan fingerprint density at radius 1 is 1.03 bits per heavy atom. The SMILES string of the molecule is Cc1cc(C=Cc2[nH]nc3nc(-c4ccc(O)cc4)cc(C(=O)N4CCNCC4)c23)ccc1O. The van der Waals surface area contributed by atoms with Crippen LogP contribution in [-0.2, 0) is 0 Å². The smallest absolute Gasteiger partial charge is 0.254 e. The van der Waals surface area contributed by atoms with Crippen LogP contribution < -0.4 is 5.32 Å². The zero-order chi connectivity index (χ0) is 23.7. The minimum absolute atomic E-state index is 0.0644. The number of phenolic OH excluding ortho intramolecular Hbond substituents is 2. The third-order valence-corrected chi connectivity index (χ3v) is 6.01. The van der Waals surface area contributed by atoms with Crippen molar-refractivity contribution >= 4 is 29.1 Å². The lowest BCUT2D eigenvalue weighted by atomic mass is 10.0. The van der Waals surface area contributed by atoms with Gasteiger partial charge in [-0.15, -0.1) is 0 Å². The lowest BCUT2D eigenvalue weighted by Crippen LogP contribution is -2.46. The number of piperazine rings is 1. The molecule has 8 heteroatoms. The second-order valence-electron chi connectivity index (χ2n) is 8.36. The fourth-order valence-electron chi connectivity index (χ4n) is 4.12. The van der Waals surface area contributed by atoms with Crippen molar-refractivity contribution in [2.45, 2.75) is 6.92 Å². The first-order valence-corrected chi connectivity index (χ1v) is 11.2. The van der Waals surface area contributed by atoms with E-state index in [4.69, 9.17) is 4.98 Å². The molecule has 1 amide bonds. The number of carbonyl (C=O) groups is 1. The molecule has 8 nitrogen and oxygen atoms in total. The number of nitrogens with one attached hydrogen (secondary N) is 2. The highest BCUT2D eigenvalue weighted by atomic mass is 16.3. The summed E-state index contributed by atoms with van der Waals surface area (Å²) in [5.74, 6) is 0.350. The van der Waals surface area contributed by atoms with E-state index in [1.54, 1.807) is 36.4 Å². The van der Waals surface area contributed by atoms with Gasteiger partial charge in [0.15, 0.2) is 5.65 Å². The first-order chi connectivity index (χ1) is 16.5. The monoisotopic (exact) mass is 455 g/mol. The summed E-state index contributed by atoms with van der Waals surface area (Å²) in [6.45, 7) is 4.61. The predicted molar refractivity (Wildman–Crippen MR) is 132 cm³/mol. The zero-order valence-corrected chi connectivity index (χ0v) is 18.7. The van der Waals surface area contributed by atoms with Crippen LogP contribution in [0.5, 0.6) is 11.5 Å². The van der Waals surface area contributed by atoms with Gasteiger partial charge in [0.2, 0.25) is 0 Å². The van der Waals surface area contributed by atoms with Gasteiger partial charge in [0.05, 0.1) is 22.3 Å². The van der Waals surface area contributed by atoms with Gasteiger partial charge in [-0.3, -0.25) is 9.89 Å². The Labute approximate surface area is 196 Å². The number of H-pyrrole nitrogens is 1. The van der Waals surface area contributed by atoms with Crippen LogP contribution in [0.25, 0.3) is 34.4 Å². The molecule has 1 aliphatic rings. The Balaban J connectivity index is 1.61. The number of phenols is 2. The molecule has 5 rings (SSSR count). The van der Waals surface area contributed by atoms with E-state index in [-0.39, 0.29) is 17.4 Å². The average Bonchev–Trinajstić information content (AvgIpc) is 3.28. The number of rotatable bonds is 4. The molecule has 4 aromatic rings. The van der Waals surface area contributed by atoms with Crippen LogP contribution in [0, 0.1) is 6.92 Å². The Morgan fingerprint density at radius 3 is 2.53 bits per heavy atom. The number of pyridine rings is 1. The van der Waals surface area contributed by atoms with E-state index in [0.717, 1.165) is 29.8 Å². The van der Waals surface area contributed by atoms with Crippen LogP contribution in [0.1, 0.15) is 27.2 Å². The number of aryl methyl sites for hydroxylation is 1. The second kappa shape index (κ2) is 8.99. The molecule has 172 valence electrons. The summed E-state index contributed by atoms with van der Waals surface area (Å²) in [4.78, 5) is 20.1. The van der Waals surface area contributed by atoms with Crippen molar-refractivity contribution in [3.05, 3.63) is 70.9 Å². The molecule has 0 saturated carbocycles. The molecule has 0 bridgehead atoms. The molecule has 1 aliphatic heterocycles. The average molecular weight is 456 g/mol. The molecular weight excluding hydrogens is 430 g/mol. The van der Waals surface area contributed by atoms with E-state index in [0.29, 0.717) is 41.1 Å². The molecule has 2 aromatic carbocycles. The molecule has 2 aromatic heterocycles.